The van der Waals surface area contributed by atoms with Gasteiger partial charge < -0.3 is 9.90 Å². The van der Waals surface area contributed by atoms with E-state index in [1.165, 1.54) is 24.3 Å². The first-order chi connectivity index (χ1) is 10.5. The number of rotatable bonds is 2. The highest BCUT2D eigenvalue weighted by molar-refractivity contribution is 6.33. The minimum atomic E-state index is -1.34. The van der Waals surface area contributed by atoms with E-state index >= 15 is 0 Å². The highest BCUT2D eigenvalue weighted by Crippen LogP contribution is 2.32. The molecule has 0 saturated heterocycles. The number of fused-ring (bicyclic) bond motifs is 1. The van der Waals surface area contributed by atoms with Gasteiger partial charge in [-0.15, -0.1) is 0 Å². The Labute approximate surface area is 131 Å². The lowest BCUT2D eigenvalue weighted by atomic mass is 10.0. The van der Waals surface area contributed by atoms with Crippen LogP contribution in [0.5, 0.6) is 0 Å². The molecule has 1 heterocycles. The van der Waals surface area contributed by atoms with Crippen molar-refractivity contribution in [2.75, 3.05) is 0 Å². The molecule has 22 heavy (non-hydrogen) atoms. The molecular formula is C17H10ClFNO2-. The van der Waals surface area contributed by atoms with Gasteiger partial charge in [0.1, 0.15) is 5.82 Å². The van der Waals surface area contributed by atoms with Crippen LogP contribution in [0.25, 0.3) is 22.2 Å². The SMILES string of the molecule is Cc1ccc2nc(-c3c(F)cccc3Cl)cc(C(=O)[O-])c2c1. The Hall–Kier alpha value is -2.46. The van der Waals surface area contributed by atoms with Gasteiger partial charge in [-0.3, -0.25) is 0 Å². The number of carboxylic acid groups (broad SMARTS) is 1. The molecule has 0 bridgehead atoms. The zero-order valence-corrected chi connectivity index (χ0v) is 12.3. The summed E-state index contributed by atoms with van der Waals surface area (Å²) in [6, 6.07) is 10.8. The van der Waals surface area contributed by atoms with Crippen LogP contribution in [0.3, 0.4) is 0 Å². The highest BCUT2D eigenvalue weighted by atomic mass is 35.5. The summed E-state index contributed by atoms with van der Waals surface area (Å²) in [5, 5.41) is 12.0. The molecule has 0 aliphatic rings. The highest BCUT2D eigenvalue weighted by Gasteiger charge is 2.14. The zero-order chi connectivity index (χ0) is 15.9. The number of halogens is 2. The molecule has 1 aromatic heterocycles. The predicted octanol–water partition coefficient (Wildman–Crippen LogP) is 3.37. The Kier molecular flexibility index (Phi) is 3.54. The predicted molar refractivity (Wildman–Crippen MR) is 81.2 cm³/mol. The van der Waals surface area contributed by atoms with E-state index < -0.39 is 11.8 Å². The second kappa shape index (κ2) is 5.39. The molecule has 0 saturated carbocycles. The summed E-state index contributed by atoms with van der Waals surface area (Å²) in [6.07, 6.45) is 0. The van der Waals surface area contributed by atoms with Gasteiger partial charge in [-0.1, -0.05) is 29.3 Å². The number of aromatic carboxylic acids is 1. The summed E-state index contributed by atoms with van der Waals surface area (Å²) in [7, 11) is 0. The van der Waals surface area contributed by atoms with E-state index in [9.17, 15) is 14.3 Å². The fourth-order valence-corrected chi connectivity index (χ4v) is 2.64. The quantitative estimate of drug-likeness (QED) is 0.728. The maximum atomic E-state index is 14.0. The molecule has 3 rings (SSSR count). The largest absolute Gasteiger partial charge is 0.545 e. The van der Waals surface area contributed by atoms with E-state index in [2.05, 4.69) is 4.98 Å². The molecular weight excluding hydrogens is 305 g/mol. The third kappa shape index (κ3) is 2.42. The monoisotopic (exact) mass is 314 g/mol. The average molecular weight is 315 g/mol. The van der Waals surface area contributed by atoms with Gasteiger partial charge in [0.15, 0.2) is 0 Å². The summed E-state index contributed by atoms with van der Waals surface area (Å²) in [5.74, 6) is -1.90. The summed E-state index contributed by atoms with van der Waals surface area (Å²) < 4.78 is 14.0. The van der Waals surface area contributed by atoms with E-state index in [4.69, 9.17) is 11.6 Å². The molecule has 0 aliphatic heterocycles. The molecule has 0 fully saturated rings. The number of pyridine rings is 1. The molecule has 5 heteroatoms. The Morgan fingerprint density at radius 3 is 2.68 bits per heavy atom. The van der Waals surface area contributed by atoms with E-state index in [-0.39, 0.29) is 21.8 Å². The van der Waals surface area contributed by atoms with Crippen molar-refractivity contribution >= 4 is 28.5 Å². The Morgan fingerprint density at radius 2 is 2.00 bits per heavy atom. The van der Waals surface area contributed by atoms with Crippen LogP contribution in [0.15, 0.2) is 42.5 Å². The van der Waals surface area contributed by atoms with Gasteiger partial charge in [0, 0.05) is 10.9 Å². The van der Waals surface area contributed by atoms with Crippen molar-refractivity contribution in [3.63, 3.8) is 0 Å². The number of carbonyl (C=O) groups excluding carboxylic acids is 1. The molecule has 0 amide bonds. The van der Waals surface area contributed by atoms with Crippen LogP contribution in [0.2, 0.25) is 5.02 Å². The number of nitrogens with zero attached hydrogens (tertiary/aromatic N) is 1. The number of hydrogen-bond acceptors (Lipinski definition) is 3. The van der Waals surface area contributed by atoms with E-state index in [1.54, 1.807) is 18.2 Å². The molecule has 0 aliphatic carbocycles. The first kappa shape index (κ1) is 14.5. The van der Waals surface area contributed by atoms with Crippen LogP contribution in [-0.2, 0) is 0 Å². The van der Waals surface area contributed by atoms with E-state index in [0.29, 0.717) is 10.9 Å². The fraction of sp³-hybridized carbons (Fsp3) is 0.0588. The molecule has 0 spiro atoms. The summed E-state index contributed by atoms with van der Waals surface area (Å²) in [5.41, 5.74) is 1.55. The minimum Gasteiger partial charge on any atom is -0.545 e. The van der Waals surface area contributed by atoms with Crippen molar-refractivity contribution in [3.8, 4) is 11.3 Å². The number of aryl methyl sites for hydroxylation is 1. The number of hydrogen-bond donors (Lipinski definition) is 0. The third-order valence-corrected chi connectivity index (χ3v) is 3.72. The third-order valence-electron chi connectivity index (χ3n) is 3.40. The number of carboxylic acids is 1. The van der Waals surface area contributed by atoms with Gasteiger partial charge in [-0.2, -0.15) is 0 Å². The van der Waals surface area contributed by atoms with Crippen LogP contribution >= 0.6 is 11.6 Å². The molecule has 3 aromatic rings. The van der Waals surface area contributed by atoms with Gasteiger partial charge in [-0.25, -0.2) is 9.37 Å². The van der Waals surface area contributed by atoms with Gasteiger partial charge in [0.05, 0.1) is 27.8 Å². The van der Waals surface area contributed by atoms with Crippen molar-refractivity contribution in [1.29, 1.82) is 0 Å². The van der Waals surface area contributed by atoms with E-state index in [0.717, 1.165) is 5.56 Å². The Balaban J connectivity index is 2.37. The Bertz CT molecular complexity index is 888. The van der Waals surface area contributed by atoms with Crippen molar-refractivity contribution in [3.05, 3.63) is 64.4 Å². The molecule has 0 radical (unpaired) electrons. The zero-order valence-electron chi connectivity index (χ0n) is 11.6. The molecule has 3 nitrogen and oxygen atoms in total. The maximum Gasteiger partial charge on any atom is 0.134 e. The first-order valence-electron chi connectivity index (χ1n) is 6.54. The lowest BCUT2D eigenvalue weighted by Gasteiger charge is -2.12. The maximum absolute atomic E-state index is 14.0. The van der Waals surface area contributed by atoms with Crippen LogP contribution in [0.1, 0.15) is 15.9 Å². The number of benzene rings is 2. The second-order valence-corrected chi connectivity index (χ2v) is 5.37. The standard InChI is InChI=1S/C17H11ClFNO2/c1-9-5-6-14-10(7-9)11(17(21)22)8-15(20-14)16-12(18)3-2-4-13(16)19/h2-8H,1H3,(H,21,22)/p-1. The van der Waals surface area contributed by atoms with E-state index in [1.807, 2.05) is 6.92 Å². The molecule has 0 unspecified atom stereocenters. The van der Waals surface area contributed by atoms with Crippen LogP contribution < -0.4 is 5.11 Å². The van der Waals surface area contributed by atoms with Crippen molar-refractivity contribution in [2.45, 2.75) is 6.92 Å². The van der Waals surface area contributed by atoms with Crippen molar-refractivity contribution < 1.29 is 14.3 Å². The molecule has 2 aromatic carbocycles. The second-order valence-electron chi connectivity index (χ2n) is 4.96. The van der Waals surface area contributed by atoms with Crippen LogP contribution in [-0.4, -0.2) is 11.0 Å². The lowest BCUT2D eigenvalue weighted by molar-refractivity contribution is -0.254. The summed E-state index contributed by atoms with van der Waals surface area (Å²) in [4.78, 5) is 15.7. The summed E-state index contributed by atoms with van der Waals surface area (Å²) >= 11 is 6.03. The van der Waals surface area contributed by atoms with Gasteiger partial charge in [0.25, 0.3) is 0 Å². The van der Waals surface area contributed by atoms with Crippen molar-refractivity contribution in [1.82, 2.24) is 4.98 Å². The molecule has 110 valence electrons. The molecule has 0 N–H and O–H groups in total. The summed E-state index contributed by atoms with van der Waals surface area (Å²) in [6.45, 7) is 1.85. The van der Waals surface area contributed by atoms with Gasteiger partial charge in [-0.05, 0) is 37.3 Å². The van der Waals surface area contributed by atoms with Gasteiger partial charge >= 0.3 is 0 Å². The number of carbonyl (C=O) groups is 1. The normalized spacial score (nSPS) is 10.9. The van der Waals surface area contributed by atoms with Crippen molar-refractivity contribution in [2.24, 2.45) is 0 Å². The van der Waals surface area contributed by atoms with Crippen LogP contribution in [0, 0.1) is 12.7 Å². The average Bonchev–Trinajstić information content (AvgIpc) is 2.46. The van der Waals surface area contributed by atoms with Crippen LogP contribution in [0.4, 0.5) is 4.39 Å². The smallest absolute Gasteiger partial charge is 0.134 e. The lowest BCUT2D eigenvalue weighted by Crippen LogP contribution is -2.22. The number of aromatic nitrogens is 1. The topological polar surface area (TPSA) is 53.0 Å². The Morgan fingerprint density at radius 1 is 1.23 bits per heavy atom. The first-order valence-corrected chi connectivity index (χ1v) is 6.92. The molecule has 0 atom stereocenters. The fourth-order valence-electron chi connectivity index (χ4n) is 2.38. The van der Waals surface area contributed by atoms with Gasteiger partial charge in [0.2, 0.25) is 0 Å². The minimum absolute atomic E-state index is 0.0389.